The van der Waals surface area contributed by atoms with Crippen LogP contribution in [0.2, 0.25) is 0 Å². The van der Waals surface area contributed by atoms with Crippen molar-refractivity contribution in [2.45, 2.75) is 31.7 Å². The number of amides is 1. The highest BCUT2D eigenvalue weighted by Crippen LogP contribution is 2.24. The number of hydrogen-bond donors (Lipinski definition) is 0. The van der Waals surface area contributed by atoms with Gasteiger partial charge in [0.1, 0.15) is 0 Å². The van der Waals surface area contributed by atoms with Crippen LogP contribution in [-0.2, 0) is 0 Å². The maximum absolute atomic E-state index is 12.4. The zero-order valence-corrected chi connectivity index (χ0v) is 11.8. The normalized spacial score (nSPS) is 21.3. The van der Waals surface area contributed by atoms with E-state index in [1.54, 1.807) is 6.07 Å². The van der Waals surface area contributed by atoms with Crippen molar-refractivity contribution >= 4 is 33.4 Å². The van der Waals surface area contributed by atoms with Gasteiger partial charge in [0.05, 0.1) is 11.8 Å². The number of likely N-dealkylation sites (tertiary alicyclic amines) is 1. The highest BCUT2D eigenvalue weighted by atomic mass is 79.9. The maximum atomic E-state index is 12.4. The fourth-order valence-electron chi connectivity index (χ4n) is 2.21. The van der Waals surface area contributed by atoms with E-state index in [0.29, 0.717) is 16.1 Å². The molecule has 2 rings (SSSR count). The van der Waals surface area contributed by atoms with Gasteiger partial charge in [-0.15, -0.1) is 11.6 Å². The van der Waals surface area contributed by atoms with Crippen molar-refractivity contribution in [3.63, 3.8) is 0 Å². The topological polar surface area (TPSA) is 33.5 Å². The molecule has 1 unspecified atom stereocenters. The lowest BCUT2D eigenvalue weighted by Crippen LogP contribution is -2.41. The molecule has 1 aliphatic rings. The molecule has 17 heavy (non-hydrogen) atoms. The molecule has 1 fully saturated rings. The van der Waals surface area contributed by atoms with E-state index < -0.39 is 0 Å². The van der Waals surface area contributed by atoms with Crippen LogP contribution in [0, 0.1) is 0 Å². The van der Waals surface area contributed by atoms with E-state index in [4.69, 9.17) is 16.0 Å². The summed E-state index contributed by atoms with van der Waals surface area (Å²) < 4.78 is 5.61. The second-order valence-electron chi connectivity index (χ2n) is 4.26. The number of nitrogens with zero attached hydrogens (tertiary/aromatic N) is 1. The number of halogens is 2. The lowest BCUT2D eigenvalue weighted by atomic mass is 10.1. The first-order valence-corrected chi connectivity index (χ1v) is 7.16. The highest BCUT2D eigenvalue weighted by molar-refractivity contribution is 9.10. The Morgan fingerprint density at radius 3 is 3.00 bits per heavy atom. The molecule has 1 atom stereocenters. The Morgan fingerprint density at radius 1 is 1.53 bits per heavy atom. The van der Waals surface area contributed by atoms with Crippen molar-refractivity contribution in [2.75, 3.05) is 12.4 Å². The smallest absolute Gasteiger partial charge is 0.258 e. The zero-order chi connectivity index (χ0) is 12.3. The average Bonchev–Trinajstić information content (AvgIpc) is 2.64. The highest BCUT2D eigenvalue weighted by Gasteiger charge is 2.27. The van der Waals surface area contributed by atoms with Crippen molar-refractivity contribution in [1.82, 2.24) is 4.90 Å². The third-order valence-electron chi connectivity index (χ3n) is 3.16. The van der Waals surface area contributed by atoms with E-state index in [1.165, 1.54) is 12.7 Å². The Morgan fingerprint density at radius 2 is 2.35 bits per heavy atom. The quantitative estimate of drug-likeness (QED) is 0.779. The van der Waals surface area contributed by atoms with Crippen LogP contribution in [-0.4, -0.2) is 29.3 Å². The number of rotatable bonds is 2. The molecular formula is C12H15BrClNO2. The van der Waals surface area contributed by atoms with Gasteiger partial charge in [-0.3, -0.25) is 4.79 Å². The summed E-state index contributed by atoms with van der Waals surface area (Å²) in [7, 11) is 0. The van der Waals surface area contributed by atoms with Crippen LogP contribution in [0.3, 0.4) is 0 Å². The van der Waals surface area contributed by atoms with E-state index in [2.05, 4.69) is 15.9 Å². The summed E-state index contributed by atoms with van der Waals surface area (Å²) in [5, 5.41) is 0. The van der Waals surface area contributed by atoms with Crippen LogP contribution in [0.4, 0.5) is 0 Å². The first-order chi connectivity index (χ1) is 8.24. The minimum Gasteiger partial charge on any atom is -0.457 e. The third kappa shape index (κ3) is 2.86. The van der Waals surface area contributed by atoms with Crippen molar-refractivity contribution in [2.24, 2.45) is 0 Å². The van der Waals surface area contributed by atoms with Gasteiger partial charge in [0.2, 0.25) is 0 Å². The SMILES string of the molecule is O=C(c1ccoc1Br)N1CCCCCC1CCl. The second-order valence-corrected chi connectivity index (χ2v) is 5.29. The molecule has 0 saturated carbocycles. The molecule has 1 aliphatic heterocycles. The third-order valence-corrected chi connectivity index (χ3v) is 4.13. The standard InChI is InChI=1S/C12H15BrClNO2/c13-11-10(5-7-17-11)12(16)15-6-3-1-2-4-9(15)8-14/h5,7,9H,1-4,6,8H2. The van der Waals surface area contributed by atoms with Gasteiger partial charge in [-0.1, -0.05) is 12.8 Å². The molecule has 1 aromatic heterocycles. The number of carbonyl (C=O) groups is 1. The van der Waals surface area contributed by atoms with Gasteiger partial charge in [-0.25, -0.2) is 0 Å². The van der Waals surface area contributed by atoms with Crippen molar-refractivity contribution in [1.29, 1.82) is 0 Å². The molecule has 0 radical (unpaired) electrons. The number of furan rings is 1. The molecule has 1 aromatic rings. The average molecular weight is 321 g/mol. The van der Waals surface area contributed by atoms with Gasteiger partial charge >= 0.3 is 0 Å². The van der Waals surface area contributed by atoms with Gasteiger partial charge in [-0.2, -0.15) is 0 Å². The monoisotopic (exact) mass is 319 g/mol. The van der Waals surface area contributed by atoms with Crippen LogP contribution in [0.15, 0.2) is 21.4 Å². The van der Waals surface area contributed by atoms with E-state index in [9.17, 15) is 4.79 Å². The molecule has 5 heteroatoms. The van der Waals surface area contributed by atoms with E-state index >= 15 is 0 Å². The number of hydrogen-bond acceptors (Lipinski definition) is 2. The van der Waals surface area contributed by atoms with Gasteiger partial charge in [0.25, 0.3) is 5.91 Å². The summed E-state index contributed by atoms with van der Waals surface area (Å²) in [4.78, 5) is 14.3. The summed E-state index contributed by atoms with van der Waals surface area (Å²) in [5.41, 5.74) is 0.585. The Balaban J connectivity index is 2.18. The molecule has 2 heterocycles. The van der Waals surface area contributed by atoms with E-state index in [-0.39, 0.29) is 11.9 Å². The summed E-state index contributed by atoms with van der Waals surface area (Å²) in [6.45, 7) is 0.786. The summed E-state index contributed by atoms with van der Waals surface area (Å²) >= 11 is 9.21. The van der Waals surface area contributed by atoms with Crippen molar-refractivity contribution in [3.05, 3.63) is 22.6 Å². The Bertz CT molecular complexity index is 394. The van der Waals surface area contributed by atoms with Crippen LogP contribution < -0.4 is 0 Å². The predicted molar refractivity (Wildman–Crippen MR) is 70.4 cm³/mol. The fraction of sp³-hybridized carbons (Fsp3) is 0.583. The van der Waals surface area contributed by atoms with Crippen LogP contribution in [0.1, 0.15) is 36.0 Å². The van der Waals surface area contributed by atoms with Crippen molar-refractivity contribution < 1.29 is 9.21 Å². The van der Waals surface area contributed by atoms with Crippen molar-refractivity contribution in [3.8, 4) is 0 Å². The van der Waals surface area contributed by atoms with Crippen LogP contribution in [0.25, 0.3) is 0 Å². The molecule has 94 valence electrons. The Labute approximate surface area is 114 Å². The molecule has 1 amide bonds. The predicted octanol–water partition coefficient (Wildman–Crippen LogP) is 3.67. The zero-order valence-electron chi connectivity index (χ0n) is 9.49. The van der Waals surface area contributed by atoms with Gasteiger partial charge in [-0.05, 0) is 34.8 Å². The minimum absolute atomic E-state index is 0.0122. The van der Waals surface area contributed by atoms with E-state index in [1.807, 2.05) is 4.90 Å². The molecule has 0 spiro atoms. The molecule has 0 bridgehead atoms. The summed E-state index contributed by atoms with van der Waals surface area (Å²) in [5.74, 6) is 0.513. The molecular weight excluding hydrogens is 305 g/mol. The fourth-order valence-corrected chi connectivity index (χ4v) is 2.94. The molecule has 3 nitrogen and oxygen atoms in total. The first-order valence-electron chi connectivity index (χ1n) is 5.84. The minimum atomic E-state index is 0.0122. The number of alkyl halides is 1. The lowest BCUT2D eigenvalue weighted by molar-refractivity contribution is 0.0698. The van der Waals surface area contributed by atoms with Crippen LogP contribution >= 0.6 is 27.5 Å². The number of carbonyl (C=O) groups excluding carboxylic acids is 1. The molecule has 1 saturated heterocycles. The molecule has 0 aromatic carbocycles. The lowest BCUT2D eigenvalue weighted by Gasteiger charge is -2.28. The Hall–Kier alpha value is -0.480. The summed E-state index contributed by atoms with van der Waals surface area (Å²) in [6.07, 6.45) is 5.88. The van der Waals surface area contributed by atoms with Crippen LogP contribution in [0.5, 0.6) is 0 Å². The summed E-state index contributed by atoms with van der Waals surface area (Å²) in [6, 6.07) is 1.84. The largest absolute Gasteiger partial charge is 0.457 e. The van der Waals surface area contributed by atoms with Gasteiger partial charge in [0, 0.05) is 18.5 Å². The Kier molecular flexibility index (Phi) is 4.51. The van der Waals surface area contributed by atoms with E-state index in [0.717, 1.165) is 25.8 Å². The van der Waals surface area contributed by atoms with Gasteiger partial charge in [0.15, 0.2) is 4.67 Å². The second kappa shape index (κ2) is 5.91. The van der Waals surface area contributed by atoms with Gasteiger partial charge < -0.3 is 9.32 Å². The first kappa shape index (κ1) is 13.0. The molecule has 0 N–H and O–H groups in total. The maximum Gasteiger partial charge on any atom is 0.258 e. The molecule has 0 aliphatic carbocycles.